The Morgan fingerprint density at radius 2 is 1.61 bits per heavy atom. The first kappa shape index (κ1) is 19.4. The van der Waals surface area contributed by atoms with Crippen LogP contribution in [-0.4, -0.2) is 25.9 Å². The molecule has 0 atom stereocenters. The summed E-state index contributed by atoms with van der Waals surface area (Å²) < 4.78 is 5.06. The molecule has 2 amide bonds. The summed E-state index contributed by atoms with van der Waals surface area (Å²) in [5.74, 6) is -0.252. The Morgan fingerprint density at radius 3 is 2.25 bits per heavy atom. The highest BCUT2D eigenvalue weighted by molar-refractivity contribution is 6.02. The Labute approximate surface area is 164 Å². The predicted octanol–water partition coefficient (Wildman–Crippen LogP) is 2.11. The normalized spacial score (nSPS) is 10.7. The standard InChI is InChI=1S/C22H23N3O3/c1-25(2)15-18-7-4-3-6-17(18)14-23-21(26)16-9-11-19(12-10-16)24-22(27)20-8-5-13-28-20/h3-13H,14-15H2,1-2H3,(H,23,26)(H,24,27)/p+1. The molecule has 0 fully saturated rings. The zero-order chi connectivity index (χ0) is 19.9. The van der Waals surface area contributed by atoms with Crippen molar-refractivity contribution in [2.45, 2.75) is 13.1 Å². The van der Waals surface area contributed by atoms with Crippen molar-refractivity contribution in [3.8, 4) is 0 Å². The van der Waals surface area contributed by atoms with Crippen LogP contribution < -0.4 is 15.5 Å². The third kappa shape index (κ3) is 5.08. The van der Waals surface area contributed by atoms with Gasteiger partial charge in [-0.25, -0.2) is 0 Å². The van der Waals surface area contributed by atoms with Crippen LogP contribution in [0.15, 0.2) is 71.3 Å². The molecule has 6 heteroatoms. The Balaban J connectivity index is 1.59. The van der Waals surface area contributed by atoms with Gasteiger partial charge in [0, 0.05) is 23.4 Å². The van der Waals surface area contributed by atoms with Crippen molar-refractivity contribution in [2.75, 3.05) is 19.4 Å². The van der Waals surface area contributed by atoms with Crippen LogP contribution in [0, 0.1) is 0 Å². The summed E-state index contributed by atoms with van der Waals surface area (Å²) in [5, 5.41) is 5.69. The van der Waals surface area contributed by atoms with Crippen molar-refractivity contribution in [3.05, 3.63) is 89.4 Å². The van der Waals surface area contributed by atoms with Gasteiger partial charge in [0.2, 0.25) is 0 Å². The fraction of sp³-hybridized carbons (Fsp3) is 0.182. The molecule has 1 aromatic heterocycles. The number of furan rings is 1. The maximum absolute atomic E-state index is 12.5. The first-order valence-corrected chi connectivity index (χ1v) is 9.12. The van der Waals surface area contributed by atoms with Crippen LogP contribution in [0.3, 0.4) is 0 Å². The molecule has 3 rings (SSSR count). The highest BCUT2D eigenvalue weighted by Gasteiger charge is 2.11. The van der Waals surface area contributed by atoms with Crippen LogP contribution in [0.1, 0.15) is 32.0 Å². The Morgan fingerprint density at radius 1 is 0.893 bits per heavy atom. The van der Waals surface area contributed by atoms with E-state index in [4.69, 9.17) is 4.42 Å². The molecule has 0 unspecified atom stereocenters. The highest BCUT2D eigenvalue weighted by Crippen LogP contribution is 2.13. The van der Waals surface area contributed by atoms with Crippen LogP contribution in [0.4, 0.5) is 5.69 Å². The van der Waals surface area contributed by atoms with E-state index >= 15 is 0 Å². The molecule has 0 spiro atoms. The summed E-state index contributed by atoms with van der Waals surface area (Å²) in [6.45, 7) is 1.37. The summed E-state index contributed by atoms with van der Waals surface area (Å²) >= 11 is 0. The molecule has 3 N–H and O–H groups in total. The van der Waals surface area contributed by atoms with E-state index in [-0.39, 0.29) is 17.6 Å². The van der Waals surface area contributed by atoms with Gasteiger partial charge in [-0.2, -0.15) is 0 Å². The fourth-order valence-corrected chi connectivity index (χ4v) is 2.87. The van der Waals surface area contributed by atoms with Crippen molar-refractivity contribution in [1.82, 2.24) is 5.32 Å². The average molecular weight is 378 g/mol. The number of hydrogen-bond donors (Lipinski definition) is 3. The minimum Gasteiger partial charge on any atom is -0.459 e. The summed E-state index contributed by atoms with van der Waals surface area (Å²) in [6.07, 6.45) is 1.44. The van der Waals surface area contributed by atoms with Gasteiger partial charge in [0.05, 0.1) is 20.4 Å². The second-order valence-electron chi connectivity index (χ2n) is 6.84. The van der Waals surface area contributed by atoms with E-state index in [2.05, 4.69) is 30.8 Å². The quantitative estimate of drug-likeness (QED) is 0.589. The Kier molecular flexibility index (Phi) is 6.24. The van der Waals surface area contributed by atoms with E-state index in [1.54, 1.807) is 36.4 Å². The molecule has 3 aromatic rings. The molecule has 0 aliphatic heterocycles. The van der Waals surface area contributed by atoms with Gasteiger partial charge < -0.3 is 20.0 Å². The third-order valence-electron chi connectivity index (χ3n) is 4.25. The number of carbonyl (C=O) groups is 2. The molecular formula is C22H24N3O3+. The van der Waals surface area contributed by atoms with Gasteiger partial charge in [0.15, 0.2) is 5.76 Å². The van der Waals surface area contributed by atoms with E-state index in [9.17, 15) is 9.59 Å². The van der Waals surface area contributed by atoms with Gasteiger partial charge in [-0.3, -0.25) is 9.59 Å². The van der Waals surface area contributed by atoms with E-state index in [0.29, 0.717) is 17.8 Å². The summed E-state index contributed by atoms with van der Waals surface area (Å²) in [4.78, 5) is 25.8. The van der Waals surface area contributed by atoms with Crippen LogP contribution in [0.2, 0.25) is 0 Å². The monoisotopic (exact) mass is 378 g/mol. The SMILES string of the molecule is C[NH+](C)Cc1ccccc1CNC(=O)c1ccc(NC(=O)c2ccco2)cc1. The second-order valence-corrected chi connectivity index (χ2v) is 6.84. The number of rotatable bonds is 7. The molecule has 144 valence electrons. The highest BCUT2D eigenvalue weighted by atomic mass is 16.3. The predicted molar refractivity (Wildman–Crippen MR) is 107 cm³/mol. The molecule has 0 saturated carbocycles. The maximum atomic E-state index is 12.5. The topological polar surface area (TPSA) is 75.8 Å². The lowest BCUT2D eigenvalue weighted by Crippen LogP contribution is -3.04. The number of nitrogens with one attached hydrogen (secondary N) is 3. The first-order valence-electron chi connectivity index (χ1n) is 9.12. The molecule has 0 aliphatic rings. The number of hydrogen-bond acceptors (Lipinski definition) is 3. The molecule has 0 aliphatic carbocycles. The Bertz CT molecular complexity index is 932. The lowest BCUT2D eigenvalue weighted by Gasteiger charge is -2.13. The van der Waals surface area contributed by atoms with E-state index < -0.39 is 0 Å². The summed E-state index contributed by atoms with van der Waals surface area (Å²) in [5.41, 5.74) is 3.46. The fourth-order valence-electron chi connectivity index (χ4n) is 2.87. The largest absolute Gasteiger partial charge is 0.459 e. The molecule has 0 saturated heterocycles. The van der Waals surface area contributed by atoms with Crippen molar-refractivity contribution in [3.63, 3.8) is 0 Å². The number of carbonyl (C=O) groups excluding carboxylic acids is 2. The van der Waals surface area contributed by atoms with E-state index in [0.717, 1.165) is 12.1 Å². The third-order valence-corrected chi connectivity index (χ3v) is 4.25. The van der Waals surface area contributed by atoms with Crippen LogP contribution in [0.5, 0.6) is 0 Å². The van der Waals surface area contributed by atoms with Crippen molar-refractivity contribution < 1.29 is 18.9 Å². The number of anilines is 1. The zero-order valence-corrected chi connectivity index (χ0v) is 16.0. The van der Waals surface area contributed by atoms with Crippen LogP contribution in [-0.2, 0) is 13.1 Å². The van der Waals surface area contributed by atoms with Crippen molar-refractivity contribution >= 4 is 17.5 Å². The minimum absolute atomic E-state index is 0.157. The van der Waals surface area contributed by atoms with E-state index in [1.807, 2.05) is 18.2 Å². The van der Waals surface area contributed by atoms with Crippen LogP contribution >= 0.6 is 0 Å². The maximum Gasteiger partial charge on any atom is 0.291 e. The Hall–Kier alpha value is -3.38. The zero-order valence-electron chi connectivity index (χ0n) is 16.0. The molecule has 1 heterocycles. The van der Waals surface area contributed by atoms with Gasteiger partial charge in [-0.05, 0) is 42.0 Å². The number of benzene rings is 2. The molecule has 2 aromatic carbocycles. The van der Waals surface area contributed by atoms with Gasteiger partial charge in [-0.1, -0.05) is 24.3 Å². The molecular weight excluding hydrogens is 354 g/mol. The lowest BCUT2D eigenvalue weighted by molar-refractivity contribution is -0.872. The molecule has 0 bridgehead atoms. The number of amides is 2. The molecule has 28 heavy (non-hydrogen) atoms. The lowest BCUT2D eigenvalue weighted by atomic mass is 10.1. The van der Waals surface area contributed by atoms with E-state index in [1.165, 1.54) is 16.7 Å². The summed E-state index contributed by atoms with van der Waals surface area (Å²) in [7, 11) is 4.20. The average Bonchev–Trinajstić information content (AvgIpc) is 3.22. The van der Waals surface area contributed by atoms with Crippen molar-refractivity contribution in [2.24, 2.45) is 0 Å². The van der Waals surface area contributed by atoms with Gasteiger partial charge in [0.1, 0.15) is 6.54 Å². The van der Waals surface area contributed by atoms with Crippen LogP contribution in [0.25, 0.3) is 0 Å². The van der Waals surface area contributed by atoms with Gasteiger partial charge in [-0.15, -0.1) is 0 Å². The van der Waals surface area contributed by atoms with Gasteiger partial charge >= 0.3 is 0 Å². The van der Waals surface area contributed by atoms with Crippen molar-refractivity contribution in [1.29, 1.82) is 0 Å². The molecule has 6 nitrogen and oxygen atoms in total. The first-order chi connectivity index (χ1) is 13.5. The number of quaternary nitrogens is 1. The molecule has 0 radical (unpaired) electrons. The second kappa shape index (κ2) is 9.01. The minimum atomic E-state index is -0.332. The smallest absolute Gasteiger partial charge is 0.291 e. The summed E-state index contributed by atoms with van der Waals surface area (Å²) in [6, 6.07) is 18.1. The van der Waals surface area contributed by atoms with Gasteiger partial charge in [0.25, 0.3) is 11.8 Å².